The van der Waals surface area contributed by atoms with Gasteiger partial charge in [0.05, 0.1) is 5.56 Å². The molecule has 1 spiro atoms. The summed E-state index contributed by atoms with van der Waals surface area (Å²) in [5.41, 5.74) is 12.6. The summed E-state index contributed by atoms with van der Waals surface area (Å²) in [5.74, 6) is 1.91. The third kappa shape index (κ3) is 4.48. The van der Waals surface area contributed by atoms with E-state index in [-0.39, 0.29) is 11.3 Å². The number of carbonyl (C=O) groups is 1. The molecule has 44 heavy (non-hydrogen) atoms. The van der Waals surface area contributed by atoms with Crippen molar-refractivity contribution in [3.05, 3.63) is 90.9 Å². The normalized spacial score (nSPS) is 20.5. The van der Waals surface area contributed by atoms with Crippen molar-refractivity contribution >= 4 is 22.9 Å². The Hall–Kier alpha value is -4.83. The highest BCUT2D eigenvalue weighted by atomic mass is 16.2. The molecule has 2 atom stereocenters. The zero-order valence-corrected chi connectivity index (χ0v) is 24.6. The van der Waals surface area contributed by atoms with Crippen molar-refractivity contribution in [1.29, 1.82) is 0 Å². The summed E-state index contributed by atoms with van der Waals surface area (Å²) < 4.78 is 3.84. The maximum Gasteiger partial charge on any atom is 0.245 e. The number of nitrogen functional groups attached to an aromatic ring is 1. The molecule has 8 rings (SSSR count). The Balaban J connectivity index is 1.11. The van der Waals surface area contributed by atoms with Crippen LogP contribution in [0.1, 0.15) is 49.3 Å². The molecule has 1 aliphatic heterocycles. The first-order valence-corrected chi connectivity index (χ1v) is 15.4. The van der Waals surface area contributed by atoms with E-state index in [4.69, 9.17) is 15.7 Å². The molecule has 10 nitrogen and oxygen atoms in total. The van der Waals surface area contributed by atoms with Crippen LogP contribution in [0.4, 0.5) is 5.82 Å². The number of nitrogens with zero attached hydrogens (tertiary/aromatic N) is 7. The van der Waals surface area contributed by atoms with Crippen LogP contribution in [-0.4, -0.2) is 59.2 Å². The topological polar surface area (TPSA) is 120 Å². The number of aryl methyl sites for hydroxylation is 1. The summed E-state index contributed by atoms with van der Waals surface area (Å²) in [4.78, 5) is 28.3. The maximum absolute atomic E-state index is 12.1. The van der Waals surface area contributed by atoms with Gasteiger partial charge in [0, 0.05) is 54.9 Å². The zero-order valence-electron chi connectivity index (χ0n) is 24.6. The van der Waals surface area contributed by atoms with Gasteiger partial charge >= 0.3 is 0 Å². The van der Waals surface area contributed by atoms with Gasteiger partial charge < -0.3 is 16.0 Å². The number of rotatable bonds is 6. The second kappa shape index (κ2) is 10.4. The fourth-order valence-electron chi connectivity index (χ4n) is 7.64. The van der Waals surface area contributed by atoms with E-state index in [2.05, 4.69) is 44.7 Å². The van der Waals surface area contributed by atoms with Crippen LogP contribution >= 0.6 is 0 Å². The van der Waals surface area contributed by atoms with Gasteiger partial charge in [-0.1, -0.05) is 19.1 Å². The average Bonchev–Trinajstić information content (AvgIpc) is 3.79. The standard InChI is InChI=1S/C34H35N9O/c1-2-30(44)41-20-34(21-41)14-3-6-23(19-34)38-27-11-8-22-18-24(9-10-25(22)27)43-32(26-7-4-15-36-31(26)35)39-28-12-13-29(40-33(28)43)42-17-5-16-37-42/h2,4-5,7,9-10,12-13,15-18,23,27,38H,1,3,6,8,11,14,19-21H2,(H2,35,36)/t23?,27-/m0/s1. The molecule has 10 heteroatoms. The van der Waals surface area contributed by atoms with Gasteiger partial charge in [-0.2, -0.15) is 5.10 Å². The van der Waals surface area contributed by atoms with Crippen LogP contribution < -0.4 is 11.1 Å². The lowest BCUT2D eigenvalue weighted by molar-refractivity contribution is -0.140. The van der Waals surface area contributed by atoms with Crippen molar-refractivity contribution in [3.63, 3.8) is 0 Å². The first kappa shape index (κ1) is 26.8. The molecular weight excluding hydrogens is 550 g/mol. The SMILES string of the molecule is C=CC(=O)N1CC2(CCCC(N[C@H]3CCc4cc(-n5c(-c6cccnc6N)nc6ccc(-n7cccn7)nc65)ccc43)C2)C1. The number of nitrogens with one attached hydrogen (secondary N) is 1. The molecule has 1 unspecified atom stereocenters. The fourth-order valence-corrected chi connectivity index (χ4v) is 7.64. The molecule has 5 aromatic rings. The second-order valence-corrected chi connectivity index (χ2v) is 12.5. The van der Waals surface area contributed by atoms with E-state index >= 15 is 0 Å². The molecule has 1 amide bonds. The second-order valence-electron chi connectivity index (χ2n) is 12.5. The number of carbonyl (C=O) groups excluding carboxylic acids is 1. The highest BCUT2D eigenvalue weighted by Crippen LogP contribution is 2.45. The van der Waals surface area contributed by atoms with Gasteiger partial charge in [0.2, 0.25) is 5.91 Å². The Morgan fingerprint density at radius 2 is 2.00 bits per heavy atom. The van der Waals surface area contributed by atoms with E-state index in [0.717, 1.165) is 54.8 Å². The Kier molecular flexibility index (Phi) is 6.33. The number of amides is 1. The minimum absolute atomic E-state index is 0.0547. The Morgan fingerprint density at radius 1 is 1.09 bits per heavy atom. The van der Waals surface area contributed by atoms with Crippen LogP contribution in [0.2, 0.25) is 0 Å². The number of hydrogen-bond acceptors (Lipinski definition) is 7. The lowest BCUT2D eigenvalue weighted by atomic mass is 9.67. The van der Waals surface area contributed by atoms with Gasteiger partial charge in [-0.05, 0) is 91.8 Å². The molecule has 1 saturated heterocycles. The van der Waals surface area contributed by atoms with Crippen molar-refractivity contribution in [2.24, 2.45) is 5.41 Å². The smallest absolute Gasteiger partial charge is 0.245 e. The summed E-state index contributed by atoms with van der Waals surface area (Å²) >= 11 is 0. The summed E-state index contributed by atoms with van der Waals surface area (Å²) in [7, 11) is 0. The number of fused-ring (bicyclic) bond motifs is 2. The minimum Gasteiger partial charge on any atom is -0.383 e. The van der Waals surface area contributed by atoms with E-state index in [1.807, 2.05) is 41.4 Å². The monoisotopic (exact) mass is 585 g/mol. The maximum atomic E-state index is 12.1. The quantitative estimate of drug-likeness (QED) is 0.275. The number of aromatic nitrogens is 6. The molecule has 0 bridgehead atoms. The summed E-state index contributed by atoms with van der Waals surface area (Å²) in [6.45, 7) is 5.37. The summed E-state index contributed by atoms with van der Waals surface area (Å²) in [6, 6.07) is 17.1. The van der Waals surface area contributed by atoms with Gasteiger partial charge in [0.25, 0.3) is 0 Å². The number of nitrogens with two attached hydrogens (primary N) is 1. The molecule has 1 saturated carbocycles. The van der Waals surface area contributed by atoms with Gasteiger partial charge in [-0.15, -0.1) is 0 Å². The van der Waals surface area contributed by atoms with Crippen molar-refractivity contribution in [3.8, 4) is 22.9 Å². The molecule has 1 aromatic carbocycles. The van der Waals surface area contributed by atoms with Crippen LogP contribution in [0.25, 0.3) is 34.1 Å². The number of likely N-dealkylation sites (tertiary alicyclic amines) is 1. The van der Waals surface area contributed by atoms with Crippen LogP contribution in [0.5, 0.6) is 0 Å². The number of imidazole rings is 1. The molecule has 2 fully saturated rings. The van der Waals surface area contributed by atoms with Crippen LogP contribution in [0.3, 0.4) is 0 Å². The van der Waals surface area contributed by atoms with E-state index in [9.17, 15) is 4.79 Å². The molecule has 2 aliphatic carbocycles. The Bertz CT molecular complexity index is 1890. The largest absolute Gasteiger partial charge is 0.383 e. The molecule has 4 aromatic heterocycles. The zero-order chi connectivity index (χ0) is 29.8. The fraction of sp³-hybridized carbons (Fsp3) is 0.324. The van der Waals surface area contributed by atoms with Crippen LogP contribution in [0.15, 0.2) is 79.8 Å². The predicted octanol–water partition coefficient (Wildman–Crippen LogP) is 4.78. The number of pyridine rings is 2. The van der Waals surface area contributed by atoms with Gasteiger partial charge in [-0.3, -0.25) is 9.36 Å². The predicted molar refractivity (Wildman–Crippen MR) is 169 cm³/mol. The molecule has 0 radical (unpaired) electrons. The molecule has 222 valence electrons. The third-order valence-corrected chi connectivity index (χ3v) is 9.69. The van der Waals surface area contributed by atoms with Crippen molar-refractivity contribution < 1.29 is 4.79 Å². The van der Waals surface area contributed by atoms with Gasteiger partial charge in [-0.25, -0.2) is 19.6 Å². The number of anilines is 1. The summed E-state index contributed by atoms with van der Waals surface area (Å²) in [5, 5.41) is 8.40. The molecule has 3 aliphatic rings. The Labute approximate surface area is 255 Å². The average molecular weight is 586 g/mol. The minimum atomic E-state index is 0.0547. The van der Waals surface area contributed by atoms with Crippen LogP contribution in [0, 0.1) is 5.41 Å². The Morgan fingerprint density at radius 3 is 2.82 bits per heavy atom. The lowest BCUT2D eigenvalue weighted by Crippen LogP contribution is -2.61. The van der Waals surface area contributed by atoms with E-state index in [1.165, 1.54) is 36.5 Å². The van der Waals surface area contributed by atoms with E-state index in [1.54, 1.807) is 17.1 Å². The molecule has 5 heterocycles. The third-order valence-electron chi connectivity index (χ3n) is 9.69. The van der Waals surface area contributed by atoms with E-state index < -0.39 is 0 Å². The van der Waals surface area contributed by atoms with E-state index in [0.29, 0.717) is 29.5 Å². The van der Waals surface area contributed by atoms with Crippen LogP contribution in [-0.2, 0) is 11.2 Å². The highest BCUT2D eigenvalue weighted by molar-refractivity contribution is 5.87. The summed E-state index contributed by atoms with van der Waals surface area (Å²) in [6.07, 6.45) is 13.5. The molecule has 3 N–H and O–H groups in total. The number of hydrogen-bond donors (Lipinski definition) is 2. The van der Waals surface area contributed by atoms with Gasteiger partial charge in [0.15, 0.2) is 17.3 Å². The molecular formula is C34H35N9O. The number of benzene rings is 1. The first-order chi connectivity index (χ1) is 21.5. The van der Waals surface area contributed by atoms with Crippen molar-refractivity contribution in [2.45, 2.75) is 50.6 Å². The lowest BCUT2D eigenvalue weighted by Gasteiger charge is -2.54. The highest BCUT2D eigenvalue weighted by Gasteiger charge is 2.47. The van der Waals surface area contributed by atoms with Crippen molar-refractivity contribution in [2.75, 3.05) is 18.8 Å². The first-order valence-electron chi connectivity index (χ1n) is 15.4. The van der Waals surface area contributed by atoms with Crippen molar-refractivity contribution in [1.82, 2.24) is 39.5 Å². The van der Waals surface area contributed by atoms with Gasteiger partial charge in [0.1, 0.15) is 11.3 Å².